The van der Waals surface area contributed by atoms with Crippen molar-refractivity contribution in [3.8, 4) is 0 Å². The van der Waals surface area contributed by atoms with Crippen LogP contribution in [0.25, 0.3) is 0 Å². The summed E-state index contributed by atoms with van der Waals surface area (Å²) in [5, 5.41) is 17.7. The zero-order valence-corrected chi connectivity index (χ0v) is 12.4. The normalized spacial score (nSPS) is 13.9. The molecule has 0 spiro atoms. The van der Waals surface area contributed by atoms with Gasteiger partial charge in [0.15, 0.2) is 0 Å². The smallest absolute Gasteiger partial charge is 0.310 e. The van der Waals surface area contributed by atoms with Gasteiger partial charge in [0.1, 0.15) is 5.60 Å². The fraction of sp³-hybridized carbons (Fsp3) is 0.692. The Kier molecular flexibility index (Phi) is 6.84. The molecule has 0 saturated heterocycles. The summed E-state index contributed by atoms with van der Waals surface area (Å²) in [6.07, 6.45) is -1.44. The number of hydrogen-bond acceptors (Lipinski definition) is 6. The second-order valence-electron chi connectivity index (χ2n) is 5.47. The lowest BCUT2D eigenvalue weighted by Gasteiger charge is -2.26. The Bertz CT molecular complexity index is 420. The Hall–Kier alpha value is -2.12. The van der Waals surface area contributed by atoms with Gasteiger partial charge >= 0.3 is 23.9 Å². The molecule has 0 fully saturated rings. The zero-order valence-electron chi connectivity index (χ0n) is 12.4. The average molecular weight is 304 g/mol. The molecule has 0 aliphatic heterocycles. The van der Waals surface area contributed by atoms with Gasteiger partial charge in [-0.05, 0) is 20.8 Å². The first-order chi connectivity index (χ1) is 9.47. The minimum Gasteiger partial charge on any atom is -0.481 e. The first kappa shape index (κ1) is 18.9. The molecule has 0 bridgehead atoms. The standard InChI is InChI=1S/C13H20O8/c1-13(2,3)21-12(19)8(6-10(16)17)7(5-9(14)15)11(18)20-4/h7-8H,5-6H2,1-4H3,(H,14,15)(H,16,17)/t7-,8-/m1/s1. The quantitative estimate of drug-likeness (QED) is 0.657. The second kappa shape index (κ2) is 7.61. The maximum atomic E-state index is 12.1. The van der Waals surface area contributed by atoms with Gasteiger partial charge in [-0.2, -0.15) is 0 Å². The summed E-state index contributed by atoms with van der Waals surface area (Å²) in [5.41, 5.74) is -0.891. The molecule has 8 heteroatoms. The number of rotatable bonds is 7. The molecule has 0 aromatic rings. The predicted octanol–water partition coefficient (Wildman–Crippen LogP) is 0.683. The maximum absolute atomic E-state index is 12.1. The van der Waals surface area contributed by atoms with Crippen LogP contribution in [0.4, 0.5) is 0 Å². The van der Waals surface area contributed by atoms with E-state index in [4.69, 9.17) is 14.9 Å². The summed E-state index contributed by atoms with van der Waals surface area (Å²) in [6.45, 7) is 4.73. The molecule has 0 rings (SSSR count). The molecule has 0 aromatic heterocycles. The van der Waals surface area contributed by atoms with Crippen molar-refractivity contribution in [2.45, 2.75) is 39.2 Å². The van der Waals surface area contributed by atoms with Crippen molar-refractivity contribution in [3.63, 3.8) is 0 Å². The predicted molar refractivity (Wildman–Crippen MR) is 69.3 cm³/mol. The van der Waals surface area contributed by atoms with Crippen molar-refractivity contribution >= 4 is 23.9 Å². The van der Waals surface area contributed by atoms with Crippen molar-refractivity contribution in [1.82, 2.24) is 0 Å². The Morgan fingerprint density at radius 3 is 1.57 bits per heavy atom. The molecule has 0 unspecified atom stereocenters. The molecule has 0 aromatic carbocycles. The first-order valence-corrected chi connectivity index (χ1v) is 6.22. The molecule has 8 nitrogen and oxygen atoms in total. The van der Waals surface area contributed by atoms with Crippen LogP contribution in [0, 0.1) is 11.8 Å². The molecular formula is C13H20O8. The minimum atomic E-state index is -1.43. The van der Waals surface area contributed by atoms with Gasteiger partial charge < -0.3 is 19.7 Å². The summed E-state index contributed by atoms with van der Waals surface area (Å²) >= 11 is 0. The molecular weight excluding hydrogens is 284 g/mol. The third kappa shape index (κ3) is 7.28. The molecule has 2 N–H and O–H groups in total. The zero-order chi connectivity index (χ0) is 16.8. The van der Waals surface area contributed by atoms with E-state index in [2.05, 4.69) is 4.74 Å². The van der Waals surface area contributed by atoms with E-state index >= 15 is 0 Å². The summed E-state index contributed by atoms with van der Waals surface area (Å²) in [6, 6.07) is 0. The number of aliphatic carboxylic acids is 2. The van der Waals surface area contributed by atoms with E-state index in [1.165, 1.54) is 0 Å². The minimum absolute atomic E-state index is 0.718. The number of carboxylic acid groups (broad SMARTS) is 2. The fourth-order valence-corrected chi connectivity index (χ4v) is 1.68. The molecule has 0 saturated carbocycles. The van der Waals surface area contributed by atoms with Gasteiger partial charge in [-0.15, -0.1) is 0 Å². The van der Waals surface area contributed by atoms with Gasteiger partial charge in [-0.3, -0.25) is 19.2 Å². The highest BCUT2D eigenvalue weighted by atomic mass is 16.6. The number of esters is 2. The Morgan fingerprint density at radius 1 is 0.905 bits per heavy atom. The molecule has 0 radical (unpaired) electrons. The molecule has 120 valence electrons. The van der Waals surface area contributed by atoms with Crippen molar-refractivity contribution in [2.24, 2.45) is 11.8 Å². The first-order valence-electron chi connectivity index (χ1n) is 6.22. The summed E-state index contributed by atoms with van der Waals surface area (Å²) < 4.78 is 9.51. The third-order valence-electron chi connectivity index (χ3n) is 2.49. The maximum Gasteiger partial charge on any atom is 0.310 e. The van der Waals surface area contributed by atoms with Crippen LogP contribution < -0.4 is 0 Å². The van der Waals surface area contributed by atoms with Crippen LogP contribution in [0.1, 0.15) is 33.6 Å². The van der Waals surface area contributed by atoms with E-state index in [9.17, 15) is 19.2 Å². The van der Waals surface area contributed by atoms with Crippen LogP contribution in [0.3, 0.4) is 0 Å². The SMILES string of the molecule is COC(=O)[C@H](CC(=O)O)[C@@H](CC(=O)O)C(=O)OC(C)(C)C. The summed E-state index contributed by atoms with van der Waals surface area (Å²) in [5.74, 6) is -7.44. The highest BCUT2D eigenvalue weighted by molar-refractivity contribution is 5.88. The van der Waals surface area contributed by atoms with Crippen LogP contribution in [-0.2, 0) is 28.7 Å². The molecule has 0 heterocycles. The average Bonchev–Trinajstić information content (AvgIpc) is 2.29. The van der Waals surface area contributed by atoms with Crippen LogP contribution in [0.15, 0.2) is 0 Å². The van der Waals surface area contributed by atoms with Crippen molar-refractivity contribution in [1.29, 1.82) is 0 Å². The summed E-state index contributed by atoms with van der Waals surface area (Å²) in [7, 11) is 1.03. The van der Waals surface area contributed by atoms with Crippen molar-refractivity contribution < 1.29 is 38.9 Å². The van der Waals surface area contributed by atoms with E-state index in [1.807, 2.05) is 0 Å². The van der Waals surface area contributed by atoms with Crippen LogP contribution in [0.2, 0.25) is 0 Å². The highest BCUT2D eigenvalue weighted by Crippen LogP contribution is 2.25. The summed E-state index contributed by atoms with van der Waals surface area (Å²) in [4.78, 5) is 45.4. The van der Waals surface area contributed by atoms with Crippen LogP contribution >= 0.6 is 0 Å². The van der Waals surface area contributed by atoms with Gasteiger partial charge in [0.2, 0.25) is 0 Å². The Balaban J connectivity index is 5.40. The van der Waals surface area contributed by atoms with E-state index in [0.717, 1.165) is 7.11 Å². The van der Waals surface area contributed by atoms with E-state index in [0.29, 0.717) is 0 Å². The molecule has 0 aliphatic rings. The molecule has 21 heavy (non-hydrogen) atoms. The van der Waals surface area contributed by atoms with Crippen LogP contribution in [0.5, 0.6) is 0 Å². The number of hydrogen-bond donors (Lipinski definition) is 2. The lowest BCUT2D eigenvalue weighted by Crippen LogP contribution is -2.38. The monoisotopic (exact) mass is 304 g/mol. The lowest BCUT2D eigenvalue weighted by molar-refractivity contribution is -0.171. The number of methoxy groups -OCH3 is 1. The number of carbonyl (C=O) groups excluding carboxylic acids is 2. The van der Waals surface area contributed by atoms with E-state index < -0.39 is 54.2 Å². The molecule has 2 atom stereocenters. The van der Waals surface area contributed by atoms with E-state index in [1.54, 1.807) is 20.8 Å². The topological polar surface area (TPSA) is 127 Å². The van der Waals surface area contributed by atoms with Gasteiger partial charge in [-0.25, -0.2) is 0 Å². The van der Waals surface area contributed by atoms with Gasteiger partial charge in [-0.1, -0.05) is 0 Å². The largest absolute Gasteiger partial charge is 0.481 e. The Labute approximate surface area is 122 Å². The van der Waals surface area contributed by atoms with Gasteiger partial charge in [0.05, 0.1) is 31.8 Å². The van der Waals surface area contributed by atoms with E-state index in [-0.39, 0.29) is 0 Å². The number of carboxylic acids is 2. The fourth-order valence-electron chi connectivity index (χ4n) is 1.68. The third-order valence-corrected chi connectivity index (χ3v) is 2.49. The molecule has 0 amide bonds. The Morgan fingerprint density at radius 2 is 1.29 bits per heavy atom. The second-order valence-corrected chi connectivity index (χ2v) is 5.47. The van der Waals surface area contributed by atoms with Gasteiger partial charge in [0, 0.05) is 0 Å². The van der Waals surface area contributed by atoms with Crippen molar-refractivity contribution in [2.75, 3.05) is 7.11 Å². The number of ether oxygens (including phenoxy) is 2. The number of carbonyl (C=O) groups is 4. The molecule has 0 aliphatic carbocycles. The highest BCUT2D eigenvalue weighted by Gasteiger charge is 2.40. The van der Waals surface area contributed by atoms with Crippen LogP contribution in [-0.4, -0.2) is 46.8 Å². The van der Waals surface area contributed by atoms with Crippen molar-refractivity contribution in [3.05, 3.63) is 0 Å². The van der Waals surface area contributed by atoms with Gasteiger partial charge in [0.25, 0.3) is 0 Å². The lowest BCUT2D eigenvalue weighted by atomic mass is 9.86.